The highest BCUT2D eigenvalue weighted by molar-refractivity contribution is 7.85. The van der Waals surface area contributed by atoms with Crippen molar-refractivity contribution in [2.45, 2.75) is 64.8 Å². The fourth-order valence-corrected chi connectivity index (χ4v) is 2.39. The van der Waals surface area contributed by atoms with E-state index < -0.39 is 10.1 Å². The zero-order valence-corrected chi connectivity index (χ0v) is 12.9. The van der Waals surface area contributed by atoms with Crippen LogP contribution in [-0.2, 0) is 10.1 Å². The second-order valence-corrected chi connectivity index (χ2v) is 6.50. The number of nitrogens with zero attached hydrogens (tertiary/aromatic N) is 1. The highest BCUT2D eigenvalue weighted by atomic mass is 32.2. The van der Waals surface area contributed by atoms with Crippen LogP contribution in [0.25, 0.3) is 0 Å². The van der Waals surface area contributed by atoms with E-state index in [9.17, 15) is 8.42 Å². The lowest BCUT2D eigenvalue weighted by Crippen LogP contribution is -2.29. The Morgan fingerprint density at radius 2 is 1.83 bits per heavy atom. The third-order valence-corrected chi connectivity index (χ3v) is 3.27. The van der Waals surface area contributed by atoms with E-state index in [-0.39, 0.29) is 0 Å². The molecular weight excluding hydrogens is 250 g/mol. The molecule has 0 bridgehead atoms. The van der Waals surface area contributed by atoms with E-state index in [1.165, 1.54) is 58.0 Å². The van der Waals surface area contributed by atoms with Crippen molar-refractivity contribution >= 4 is 10.1 Å². The van der Waals surface area contributed by atoms with Crippen LogP contribution in [0.3, 0.4) is 0 Å². The molecule has 1 heterocycles. The van der Waals surface area contributed by atoms with Crippen molar-refractivity contribution < 1.29 is 13.0 Å². The van der Waals surface area contributed by atoms with Gasteiger partial charge in [-0.15, -0.1) is 0 Å². The van der Waals surface area contributed by atoms with Gasteiger partial charge in [-0.2, -0.15) is 8.42 Å². The average Bonchev–Trinajstić information content (AvgIpc) is 2.69. The van der Waals surface area contributed by atoms with Crippen molar-refractivity contribution in [3.63, 3.8) is 0 Å². The fourth-order valence-electron chi connectivity index (χ4n) is 2.39. The van der Waals surface area contributed by atoms with E-state index in [2.05, 4.69) is 18.7 Å². The van der Waals surface area contributed by atoms with E-state index in [0.29, 0.717) is 6.26 Å². The standard InChI is InChI=1S/C12H25N.CH4O3S/c1-3-5-6-7-10-13-11-8-9-12(13)4-2;1-5(2,3)4/h12H,3-11H2,1-2H3;1H3,(H,2,3,4). The number of hydrogen-bond donors (Lipinski definition) is 1. The first kappa shape index (κ1) is 17.9. The Morgan fingerprint density at radius 3 is 2.33 bits per heavy atom. The molecule has 0 aromatic heterocycles. The van der Waals surface area contributed by atoms with E-state index in [0.717, 1.165) is 6.04 Å². The van der Waals surface area contributed by atoms with Gasteiger partial charge in [-0.25, -0.2) is 0 Å². The molecule has 0 amide bonds. The van der Waals surface area contributed by atoms with Gasteiger partial charge in [0.05, 0.1) is 6.26 Å². The van der Waals surface area contributed by atoms with Crippen molar-refractivity contribution in [1.82, 2.24) is 4.90 Å². The number of rotatable bonds is 6. The molecule has 1 rings (SSSR count). The Balaban J connectivity index is 0.000000494. The van der Waals surface area contributed by atoms with Gasteiger partial charge in [0.2, 0.25) is 0 Å². The van der Waals surface area contributed by atoms with Crippen molar-refractivity contribution in [3.8, 4) is 0 Å². The molecule has 18 heavy (non-hydrogen) atoms. The van der Waals surface area contributed by atoms with Gasteiger partial charge in [0.1, 0.15) is 0 Å². The Bertz CT molecular complexity index is 283. The van der Waals surface area contributed by atoms with Gasteiger partial charge in [-0.05, 0) is 38.8 Å². The minimum Gasteiger partial charge on any atom is -0.300 e. The molecule has 1 saturated heterocycles. The lowest BCUT2D eigenvalue weighted by atomic mass is 10.1. The zero-order valence-electron chi connectivity index (χ0n) is 12.1. The Kier molecular flexibility index (Phi) is 9.68. The monoisotopic (exact) mass is 279 g/mol. The minimum absolute atomic E-state index is 0.715. The summed E-state index contributed by atoms with van der Waals surface area (Å²) in [7, 11) is -3.67. The van der Waals surface area contributed by atoms with Crippen LogP contribution in [-0.4, -0.2) is 43.3 Å². The quantitative estimate of drug-likeness (QED) is 0.600. The Morgan fingerprint density at radius 1 is 1.22 bits per heavy atom. The molecule has 0 aromatic carbocycles. The predicted octanol–water partition coefficient (Wildman–Crippen LogP) is 2.95. The lowest BCUT2D eigenvalue weighted by Gasteiger charge is -2.22. The van der Waals surface area contributed by atoms with Crippen LogP contribution in [0, 0.1) is 0 Å². The molecule has 0 aromatic rings. The van der Waals surface area contributed by atoms with Gasteiger partial charge in [-0.1, -0.05) is 33.1 Å². The number of unbranched alkanes of at least 4 members (excludes halogenated alkanes) is 3. The molecule has 1 atom stereocenters. The van der Waals surface area contributed by atoms with Gasteiger partial charge in [0.15, 0.2) is 0 Å². The summed E-state index contributed by atoms with van der Waals surface area (Å²) >= 11 is 0. The first-order valence-electron chi connectivity index (χ1n) is 7.05. The number of hydrogen-bond acceptors (Lipinski definition) is 3. The molecule has 5 heteroatoms. The Labute approximate surface area is 113 Å². The van der Waals surface area contributed by atoms with Crippen LogP contribution >= 0.6 is 0 Å². The highest BCUT2D eigenvalue weighted by Gasteiger charge is 2.21. The molecule has 0 saturated carbocycles. The van der Waals surface area contributed by atoms with Crippen molar-refractivity contribution in [2.24, 2.45) is 0 Å². The maximum atomic E-state index is 9.19. The summed E-state index contributed by atoms with van der Waals surface area (Å²) in [5.74, 6) is 0. The maximum absolute atomic E-state index is 9.19. The van der Waals surface area contributed by atoms with Gasteiger partial charge in [-0.3, -0.25) is 4.55 Å². The van der Waals surface area contributed by atoms with E-state index in [1.807, 2.05) is 0 Å². The van der Waals surface area contributed by atoms with Gasteiger partial charge in [0.25, 0.3) is 10.1 Å². The summed E-state index contributed by atoms with van der Waals surface area (Å²) in [5, 5.41) is 0. The van der Waals surface area contributed by atoms with Gasteiger partial charge in [0, 0.05) is 6.04 Å². The molecule has 0 aliphatic carbocycles. The number of likely N-dealkylation sites (tertiary alicyclic amines) is 1. The molecule has 1 fully saturated rings. The van der Waals surface area contributed by atoms with Crippen LogP contribution in [0.5, 0.6) is 0 Å². The van der Waals surface area contributed by atoms with E-state index in [1.54, 1.807) is 0 Å². The van der Waals surface area contributed by atoms with E-state index >= 15 is 0 Å². The second kappa shape index (κ2) is 9.75. The fraction of sp³-hybridized carbons (Fsp3) is 1.00. The topological polar surface area (TPSA) is 57.6 Å². The summed E-state index contributed by atoms with van der Waals surface area (Å²) in [6, 6.07) is 0.918. The Hall–Kier alpha value is -0.130. The molecule has 1 N–H and O–H groups in total. The summed E-state index contributed by atoms with van der Waals surface area (Å²) in [6.07, 6.45) is 10.6. The lowest BCUT2D eigenvalue weighted by molar-refractivity contribution is 0.243. The second-order valence-electron chi connectivity index (χ2n) is 5.03. The molecule has 110 valence electrons. The maximum Gasteiger partial charge on any atom is 0.261 e. The summed E-state index contributed by atoms with van der Waals surface area (Å²) in [6.45, 7) is 7.34. The summed E-state index contributed by atoms with van der Waals surface area (Å²) in [5.41, 5.74) is 0. The normalized spacial score (nSPS) is 20.6. The van der Waals surface area contributed by atoms with Crippen molar-refractivity contribution in [2.75, 3.05) is 19.3 Å². The van der Waals surface area contributed by atoms with E-state index in [4.69, 9.17) is 4.55 Å². The van der Waals surface area contributed by atoms with Crippen LogP contribution in [0.15, 0.2) is 0 Å². The third kappa shape index (κ3) is 11.0. The zero-order chi connectivity index (χ0) is 14.0. The molecular formula is C13H29NO3S. The highest BCUT2D eigenvalue weighted by Crippen LogP contribution is 2.20. The summed E-state index contributed by atoms with van der Waals surface area (Å²) in [4.78, 5) is 2.70. The molecule has 0 radical (unpaired) electrons. The smallest absolute Gasteiger partial charge is 0.261 e. The average molecular weight is 279 g/mol. The van der Waals surface area contributed by atoms with Crippen molar-refractivity contribution in [1.29, 1.82) is 0 Å². The molecule has 1 aliphatic rings. The first-order valence-corrected chi connectivity index (χ1v) is 8.89. The van der Waals surface area contributed by atoms with Crippen molar-refractivity contribution in [3.05, 3.63) is 0 Å². The third-order valence-electron chi connectivity index (χ3n) is 3.27. The van der Waals surface area contributed by atoms with Gasteiger partial charge >= 0.3 is 0 Å². The van der Waals surface area contributed by atoms with Crippen LogP contribution in [0.2, 0.25) is 0 Å². The predicted molar refractivity (Wildman–Crippen MR) is 76.5 cm³/mol. The van der Waals surface area contributed by atoms with Crippen LogP contribution in [0.1, 0.15) is 58.8 Å². The summed E-state index contributed by atoms with van der Waals surface area (Å²) < 4.78 is 25.9. The molecule has 0 spiro atoms. The molecule has 4 nitrogen and oxygen atoms in total. The van der Waals surface area contributed by atoms with Gasteiger partial charge < -0.3 is 4.90 Å². The largest absolute Gasteiger partial charge is 0.300 e. The van der Waals surface area contributed by atoms with Crippen LogP contribution < -0.4 is 0 Å². The first-order chi connectivity index (χ1) is 8.38. The molecule has 1 aliphatic heterocycles. The molecule has 1 unspecified atom stereocenters. The minimum atomic E-state index is -3.67. The SMILES string of the molecule is CCCCCCN1CCCC1CC.CS(=O)(=O)O. The van der Waals surface area contributed by atoms with Crippen LogP contribution in [0.4, 0.5) is 0 Å².